The minimum absolute atomic E-state index is 0.115. The number of carbonyl (C=O) groups excluding carboxylic acids is 1. The second-order valence-corrected chi connectivity index (χ2v) is 7.79. The van der Waals surface area contributed by atoms with E-state index in [1.54, 1.807) is 0 Å². The maximum Gasteiger partial charge on any atom is 0.337 e. The molecular weight excluding hydrogens is 372 g/mol. The molecule has 8 heteroatoms. The van der Waals surface area contributed by atoms with Crippen LogP contribution in [-0.4, -0.2) is 41.1 Å². The van der Waals surface area contributed by atoms with Crippen molar-refractivity contribution < 1.29 is 17.9 Å². The molecule has 0 aromatic heterocycles. The summed E-state index contributed by atoms with van der Waals surface area (Å²) >= 11 is 3.21. The van der Waals surface area contributed by atoms with Gasteiger partial charge in [0.15, 0.2) is 0 Å². The van der Waals surface area contributed by atoms with Crippen LogP contribution in [0.3, 0.4) is 0 Å². The zero-order valence-electron chi connectivity index (χ0n) is 12.3. The monoisotopic (exact) mass is 390 g/mol. The highest BCUT2D eigenvalue weighted by molar-refractivity contribution is 9.10. The largest absolute Gasteiger partial charge is 0.465 e. The fourth-order valence-corrected chi connectivity index (χ4v) is 4.56. The molecule has 2 N–H and O–H groups in total. The molecule has 0 saturated carbocycles. The van der Waals surface area contributed by atoms with Gasteiger partial charge in [0, 0.05) is 11.0 Å². The Kier molecular flexibility index (Phi) is 5.96. The number of carbonyl (C=O) groups is 1. The molecule has 0 bridgehead atoms. The fraction of sp³-hybridized carbons (Fsp3) is 0.500. The molecule has 2 rings (SSSR count). The maximum absolute atomic E-state index is 12.4. The van der Waals surface area contributed by atoms with Gasteiger partial charge in [-0.25, -0.2) is 17.9 Å². The highest BCUT2D eigenvalue weighted by Crippen LogP contribution is 2.24. The van der Waals surface area contributed by atoms with Crippen molar-refractivity contribution in [3.05, 3.63) is 28.2 Å². The van der Waals surface area contributed by atoms with E-state index in [-0.39, 0.29) is 4.90 Å². The van der Waals surface area contributed by atoms with Crippen molar-refractivity contribution in [3.8, 4) is 0 Å². The number of sulfonamides is 1. The molecule has 0 radical (unpaired) electrons. The van der Waals surface area contributed by atoms with Crippen LogP contribution >= 0.6 is 15.9 Å². The summed E-state index contributed by atoms with van der Waals surface area (Å²) in [6.45, 7) is 2.22. The van der Waals surface area contributed by atoms with Crippen LogP contribution in [0.4, 0.5) is 0 Å². The number of hydrogen-bond donors (Lipinski definition) is 2. The molecule has 122 valence electrons. The molecule has 1 aliphatic heterocycles. The van der Waals surface area contributed by atoms with E-state index in [2.05, 4.69) is 30.7 Å². The van der Waals surface area contributed by atoms with Crippen molar-refractivity contribution >= 4 is 31.9 Å². The second kappa shape index (κ2) is 7.54. The van der Waals surface area contributed by atoms with Gasteiger partial charge in [-0.15, -0.1) is 0 Å². The molecule has 1 aromatic carbocycles. The van der Waals surface area contributed by atoms with Crippen LogP contribution in [0.25, 0.3) is 0 Å². The number of halogens is 1. The SMILES string of the molecule is COC(=O)c1ccc(S(=O)(=O)NCC2CCCNC2)c(Br)c1. The zero-order valence-corrected chi connectivity index (χ0v) is 14.7. The molecule has 22 heavy (non-hydrogen) atoms. The van der Waals surface area contributed by atoms with Crippen LogP contribution in [0.1, 0.15) is 23.2 Å². The predicted octanol–water partition coefficient (Wildman–Crippen LogP) is 1.51. The normalized spacial score (nSPS) is 18.9. The third-order valence-electron chi connectivity index (χ3n) is 3.60. The van der Waals surface area contributed by atoms with Gasteiger partial charge in [-0.1, -0.05) is 0 Å². The van der Waals surface area contributed by atoms with E-state index in [9.17, 15) is 13.2 Å². The molecule has 1 atom stereocenters. The lowest BCUT2D eigenvalue weighted by Gasteiger charge is -2.23. The molecule has 0 spiro atoms. The smallest absolute Gasteiger partial charge is 0.337 e. The summed E-state index contributed by atoms with van der Waals surface area (Å²) in [6.07, 6.45) is 2.07. The fourth-order valence-electron chi connectivity index (χ4n) is 2.37. The molecule has 1 fully saturated rings. The highest BCUT2D eigenvalue weighted by Gasteiger charge is 2.21. The van der Waals surface area contributed by atoms with E-state index in [1.165, 1.54) is 25.3 Å². The van der Waals surface area contributed by atoms with Crippen molar-refractivity contribution in [2.24, 2.45) is 5.92 Å². The van der Waals surface area contributed by atoms with Gasteiger partial charge in [-0.05, 0) is 66.0 Å². The van der Waals surface area contributed by atoms with Crippen molar-refractivity contribution in [2.75, 3.05) is 26.7 Å². The number of benzene rings is 1. The minimum Gasteiger partial charge on any atom is -0.465 e. The molecule has 0 aliphatic carbocycles. The van der Waals surface area contributed by atoms with Gasteiger partial charge < -0.3 is 10.1 Å². The quantitative estimate of drug-likeness (QED) is 0.744. The summed E-state index contributed by atoms with van der Waals surface area (Å²) < 4.78 is 32.3. The molecule has 1 heterocycles. The first-order valence-electron chi connectivity index (χ1n) is 7.02. The Morgan fingerprint density at radius 2 is 2.27 bits per heavy atom. The lowest BCUT2D eigenvalue weighted by Crippen LogP contribution is -2.38. The summed E-state index contributed by atoms with van der Waals surface area (Å²) in [5, 5.41) is 3.25. The van der Waals surface area contributed by atoms with Gasteiger partial charge in [0.05, 0.1) is 17.6 Å². The Balaban J connectivity index is 2.09. The number of nitrogens with one attached hydrogen (secondary N) is 2. The van der Waals surface area contributed by atoms with Crippen LogP contribution in [0.5, 0.6) is 0 Å². The van der Waals surface area contributed by atoms with E-state index in [4.69, 9.17) is 0 Å². The molecular formula is C14H19BrN2O4S. The average Bonchev–Trinajstić information content (AvgIpc) is 2.53. The summed E-state index contributed by atoms with van der Waals surface area (Å²) in [7, 11) is -2.34. The van der Waals surface area contributed by atoms with Gasteiger partial charge in [0.2, 0.25) is 10.0 Å². The van der Waals surface area contributed by atoms with Crippen LogP contribution in [0.2, 0.25) is 0 Å². The van der Waals surface area contributed by atoms with E-state index >= 15 is 0 Å². The maximum atomic E-state index is 12.4. The molecule has 1 unspecified atom stereocenters. The second-order valence-electron chi connectivity index (χ2n) is 5.20. The Labute approximate surface area is 138 Å². The summed E-state index contributed by atoms with van der Waals surface area (Å²) in [4.78, 5) is 11.6. The van der Waals surface area contributed by atoms with E-state index < -0.39 is 16.0 Å². The standard InChI is InChI=1S/C14H19BrN2O4S/c1-21-14(18)11-4-5-13(12(15)7-11)22(19,20)17-9-10-3-2-6-16-8-10/h4-5,7,10,16-17H,2-3,6,8-9H2,1H3. The Morgan fingerprint density at radius 3 is 2.86 bits per heavy atom. The van der Waals surface area contributed by atoms with Crippen molar-refractivity contribution in [1.82, 2.24) is 10.0 Å². The Morgan fingerprint density at radius 1 is 1.50 bits per heavy atom. The van der Waals surface area contributed by atoms with Gasteiger partial charge >= 0.3 is 5.97 Å². The summed E-state index contributed by atoms with van der Waals surface area (Å²) in [5.74, 6) is -0.206. The predicted molar refractivity (Wildman–Crippen MR) is 86.3 cm³/mol. The molecule has 0 amide bonds. The first-order valence-corrected chi connectivity index (χ1v) is 9.30. The number of esters is 1. The van der Waals surface area contributed by atoms with E-state index in [0.717, 1.165) is 25.9 Å². The van der Waals surface area contributed by atoms with Gasteiger partial charge in [0.25, 0.3) is 0 Å². The number of hydrogen-bond acceptors (Lipinski definition) is 5. The number of ether oxygens (including phenoxy) is 1. The third-order valence-corrected chi connectivity index (χ3v) is 6.00. The topological polar surface area (TPSA) is 84.5 Å². The van der Waals surface area contributed by atoms with E-state index in [0.29, 0.717) is 22.5 Å². The summed E-state index contributed by atoms with van der Waals surface area (Å²) in [5.41, 5.74) is 0.296. The van der Waals surface area contributed by atoms with E-state index in [1.807, 2.05) is 0 Å². The van der Waals surface area contributed by atoms with Gasteiger partial charge in [0.1, 0.15) is 0 Å². The summed E-state index contributed by atoms with van der Waals surface area (Å²) in [6, 6.07) is 4.29. The van der Waals surface area contributed by atoms with Gasteiger partial charge in [-0.2, -0.15) is 0 Å². The van der Waals surface area contributed by atoms with Crippen LogP contribution < -0.4 is 10.0 Å². The number of methoxy groups -OCH3 is 1. The first kappa shape index (κ1) is 17.4. The lowest BCUT2D eigenvalue weighted by molar-refractivity contribution is 0.0600. The van der Waals surface area contributed by atoms with Crippen molar-refractivity contribution in [1.29, 1.82) is 0 Å². The van der Waals surface area contributed by atoms with Crippen LogP contribution in [0, 0.1) is 5.92 Å². The molecule has 1 aromatic rings. The zero-order chi connectivity index (χ0) is 16.2. The Hall–Kier alpha value is -0.960. The lowest BCUT2D eigenvalue weighted by atomic mass is 10.0. The molecule has 1 saturated heterocycles. The number of rotatable bonds is 5. The van der Waals surface area contributed by atoms with Crippen molar-refractivity contribution in [3.63, 3.8) is 0 Å². The van der Waals surface area contributed by atoms with Crippen LogP contribution in [0.15, 0.2) is 27.6 Å². The Bertz CT molecular complexity index is 642. The van der Waals surface area contributed by atoms with Crippen LogP contribution in [-0.2, 0) is 14.8 Å². The average molecular weight is 391 g/mol. The molecule has 6 nitrogen and oxygen atoms in total. The van der Waals surface area contributed by atoms with Crippen molar-refractivity contribution in [2.45, 2.75) is 17.7 Å². The van der Waals surface area contributed by atoms with Gasteiger partial charge in [-0.3, -0.25) is 0 Å². The minimum atomic E-state index is -3.62. The first-order chi connectivity index (χ1) is 10.4. The molecule has 1 aliphatic rings. The third kappa shape index (κ3) is 4.28. The highest BCUT2D eigenvalue weighted by atomic mass is 79.9. The number of piperidine rings is 1.